The standard InChI is InChI=1S/C13H17N3O4S/c1-7(6-20-4)14-10(17)9-5-8-11(18)15(2)13(19)16(3)12(8)21-9/h5,7H,6H2,1-4H3,(H,14,17). The molecule has 0 radical (unpaired) electrons. The molecule has 1 atom stereocenters. The van der Waals surface area contributed by atoms with Gasteiger partial charge in [-0.15, -0.1) is 11.3 Å². The van der Waals surface area contributed by atoms with Crippen molar-refractivity contribution in [3.8, 4) is 0 Å². The summed E-state index contributed by atoms with van der Waals surface area (Å²) in [5.74, 6) is -0.282. The molecule has 0 fully saturated rings. The van der Waals surface area contributed by atoms with Gasteiger partial charge in [0.1, 0.15) is 4.83 Å². The van der Waals surface area contributed by atoms with Gasteiger partial charge in [0, 0.05) is 27.2 Å². The van der Waals surface area contributed by atoms with Crippen LogP contribution in [-0.2, 0) is 18.8 Å². The van der Waals surface area contributed by atoms with Crippen LogP contribution in [0.25, 0.3) is 10.2 Å². The highest BCUT2D eigenvalue weighted by Crippen LogP contribution is 2.21. The van der Waals surface area contributed by atoms with Crippen molar-refractivity contribution in [1.29, 1.82) is 0 Å². The van der Waals surface area contributed by atoms with Crippen molar-refractivity contribution in [2.75, 3.05) is 13.7 Å². The Balaban J connectivity index is 2.47. The fraction of sp³-hybridized carbons (Fsp3) is 0.462. The van der Waals surface area contributed by atoms with Crippen LogP contribution in [0.2, 0.25) is 0 Å². The average molecular weight is 311 g/mol. The van der Waals surface area contributed by atoms with E-state index in [1.54, 1.807) is 14.2 Å². The second-order valence-electron chi connectivity index (χ2n) is 4.87. The molecule has 2 aromatic rings. The Labute approximate surface area is 124 Å². The van der Waals surface area contributed by atoms with Crippen molar-refractivity contribution in [3.05, 3.63) is 31.8 Å². The molecule has 8 heteroatoms. The summed E-state index contributed by atoms with van der Waals surface area (Å²) in [6.07, 6.45) is 0. The van der Waals surface area contributed by atoms with Crippen LogP contribution in [0.3, 0.4) is 0 Å². The lowest BCUT2D eigenvalue weighted by atomic mass is 10.3. The molecule has 1 unspecified atom stereocenters. The van der Waals surface area contributed by atoms with Gasteiger partial charge >= 0.3 is 5.69 Å². The van der Waals surface area contributed by atoms with Crippen LogP contribution in [-0.4, -0.2) is 34.8 Å². The van der Waals surface area contributed by atoms with Crippen LogP contribution in [0.5, 0.6) is 0 Å². The van der Waals surface area contributed by atoms with Gasteiger partial charge in [-0.25, -0.2) is 4.79 Å². The van der Waals surface area contributed by atoms with Gasteiger partial charge in [-0.05, 0) is 13.0 Å². The SMILES string of the molecule is COCC(C)NC(=O)c1cc2c(=O)n(C)c(=O)n(C)c2s1. The van der Waals surface area contributed by atoms with Crippen molar-refractivity contribution in [2.45, 2.75) is 13.0 Å². The van der Waals surface area contributed by atoms with Crippen LogP contribution in [0, 0.1) is 0 Å². The molecule has 0 aliphatic heterocycles. The van der Waals surface area contributed by atoms with E-state index >= 15 is 0 Å². The molecular formula is C13H17N3O4S. The van der Waals surface area contributed by atoms with Crippen molar-refractivity contribution in [1.82, 2.24) is 14.5 Å². The summed E-state index contributed by atoms with van der Waals surface area (Å²) in [6.45, 7) is 2.22. The molecule has 0 saturated heterocycles. The topological polar surface area (TPSA) is 82.3 Å². The number of methoxy groups -OCH3 is 1. The molecule has 21 heavy (non-hydrogen) atoms. The van der Waals surface area contributed by atoms with E-state index in [2.05, 4.69) is 5.32 Å². The van der Waals surface area contributed by atoms with Gasteiger partial charge in [0.25, 0.3) is 11.5 Å². The zero-order valence-electron chi connectivity index (χ0n) is 12.3. The molecule has 1 N–H and O–H groups in total. The van der Waals surface area contributed by atoms with E-state index in [1.165, 1.54) is 17.7 Å². The summed E-state index contributed by atoms with van der Waals surface area (Å²) in [6, 6.07) is 1.38. The zero-order valence-corrected chi connectivity index (χ0v) is 13.1. The third-order valence-electron chi connectivity index (χ3n) is 3.14. The van der Waals surface area contributed by atoms with Crippen LogP contribution in [0.4, 0.5) is 0 Å². The Morgan fingerprint density at radius 2 is 2.05 bits per heavy atom. The number of hydrogen-bond acceptors (Lipinski definition) is 5. The van der Waals surface area contributed by atoms with Gasteiger partial charge in [0.05, 0.1) is 16.9 Å². The number of carbonyl (C=O) groups excluding carboxylic acids is 1. The number of fused-ring (bicyclic) bond motifs is 1. The quantitative estimate of drug-likeness (QED) is 0.866. The minimum atomic E-state index is -0.408. The number of thiophene rings is 1. The predicted octanol–water partition coefficient (Wildman–Crippen LogP) is 0.0634. The first-order valence-corrected chi connectivity index (χ1v) is 7.17. The summed E-state index contributed by atoms with van der Waals surface area (Å²) < 4.78 is 7.36. The molecule has 0 bridgehead atoms. The summed E-state index contributed by atoms with van der Waals surface area (Å²) >= 11 is 1.13. The van der Waals surface area contributed by atoms with Crippen molar-refractivity contribution < 1.29 is 9.53 Å². The van der Waals surface area contributed by atoms with Crippen LogP contribution >= 0.6 is 11.3 Å². The maximum Gasteiger partial charge on any atom is 0.331 e. The fourth-order valence-corrected chi connectivity index (χ4v) is 3.07. The van der Waals surface area contributed by atoms with E-state index < -0.39 is 11.2 Å². The average Bonchev–Trinajstić information content (AvgIpc) is 2.88. The third kappa shape index (κ3) is 2.77. The number of rotatable bonds is 4. The summed E-state index contributed by atoms with van der Waals surface area (Å²) in [5.41, 5.74) is -0.803. The lowest BCUT2D eigenvalue weighted by Gasteiger charge is -2.11. The highest BCUT2D eigenvalue weighted by molar-refractivity contribution is 7.20. The molecule has 114 valence electrons. The van der Waals surface area contributed by atoms with E-state index in [0.29, 0.717) is 21.7 Å². The molecule has 2 aromatic heterocycles. The minimum Gasteiger partial charge on any atom is -0.383 e. The maximum absolute atomic E-state index is 12.1. The number of nitrogens with one attached hydrogen (secondary N) is 1. The molecule has 0 aliphatic carbocycles. The van der Waals surface area contributed by atoms with E-state index in [4.69, 9.17) is 4.74 Å². The highest BCUT2D eigenvalue weighted by atomic mass is 32.1. The van der Waals surface area contributed by atoms with Gasteiger partial charge in [-0.2, -0.15) is 0 Å². The first-order chi connectivity index (χ1) is 9.86. The number of hydrogen-bond donors (Lipinski definition) is 1. The second kappa shape index (κ2) is 5.82. The molecular weight excluding hydrogens is 294 g/mol. The zero-order chi connectivity index (χ0) is 15.7. The molecule has 1 amide bonds. The van der Waals surface area contributed by atoms with Crippen molar-refractivity contribution in [2.24, 2.45) is 14.1 Å². The largest absolute Gasteiger partial charge is 0.383 e. The van der Waals surface area contributed by atoms with E-state index in [9.17, 15) is 14.4 Å². The monoisotopic (exact) mass is 311 g/mol. The smallest absolute Gasteiger partial charge is 0.331 e. The normalized spacial score (nSPS) is 12.6. The number of amides is 1. The molecule has 0 aromatic carbocycles. The Hall–Kier alpha value is -1.93. The molecule has 0 aliphatic rings. The summed E-state index contributed by atoms with van der Waals surface area (Å²) in [7, 11) is 4.56. The number of aryl methyl sites for hydroxylation is 1. The van der Waals surface area contributed by atoms with Crippen molar-refractivity contribution in [3.63, 3.8) is 0 Å². The van der Waals surface area contributed by atoms with Crippen molar-refractivity contribution >= 4 is 27.5 Å². The summed E-state index contributed by atoms with van der Waals surface area (Å²) in [5, 5.41) is 3.15. The number of ether oxygens (including phenoxy) is 1. The Kier molecular flexibility index (Phi) is 4.29. The Morgan fingerprint density at radius 3 is 2.67 bits per heavy atom. The number of carbonyl (C=O) groups is 1. The van der Waals surface area contributed by atoms with Gasteiger partial charge in [-0.1, -0.05) is 0 Å². The lowest BCUT2D eigenvalue weighted by molar-refractivity contribution is 0.0909. The van der Waals surface area contributed by atoms with Gasteiger partial charge in [-0.3, -0.25) is 18.7 Å². The fourth-order valence-electron chi connectivity index (χ4n) is 2.06. The third-order valence-corrected chi connectivity index (χ3v) is 4.35. The molecule has 2 heterocycles. The summed E-state index contributed by atoms with van der Waals surface area (Å²) in [4.78, 5) is 37.0. The van der Waals surface area contributed by atoms with Gasteiger partial charge < -0.3 is 10.1 Å². The number of aromatic nitrogens is 2. The number of nitrogens with zero attached hydrogens (tertiary/aromatic N) is 2. The molecule has 7 nitrogen and oxygen atoms in total. The van der Waals surface area contributed by atoms with Crippen LogP contribution in [0.15, 0.2) is 15.7 Å². The van der Waals surface area contributed by atoms with Crippen LogP contribution < -0.4 is 16.6 Å². The van der Waals surface area contributed by atoms with Gasteiger partial charge in [0.2, 0.25) is 0 Å². The van der Waals surface area contributed by atoms with E-state index in [-0.39, 0.29) is 11.9 Å². The molecule has 2 rings (SSSR count). The van der Waals surface area contributed by atoms with E-state index in [1.807, 2.05) is 6.92 Å². The first-order valence-electron chi connectivity index (χ1n) is 6.36. The second-order valence-corrected chi connectivity index (χ2v) is 5.90. The molecule has 0 spiro atoms. The predicted molar refractivity (Wildman–Crippen MR) is 81.1 cm³/mol. The Morgan fingerprint density at radius 1 is 1.38 bits per heavy atom. The molecule has 0 saturated carbocycles. The maximum atomic E-state index is 12.1. The van der Waals surface area contributed by atoms with Gasteiger partial charge in [0.15, 0.2) is 0 Å². The highest BCUT2D eigenvalue weighted by Gasteiger charge is 2.17. The van der Waals surface area contributed by atoms with E-state index in [0.717, 1.165) is 15.9 Å². The first kappa shape index (κ1) is 15.5. The van der Waals surface area contributed by atoms with Crippen LogP contribution in [0.1, 0.15) is 16.6 Å². The minimum absolute atomic E-state index is 0.139. The Bertz CT molecular complexity index is 802. The lowest BCUT2D eigenvalue weighted by Crippen LogP contribution is -2.36.